The van der Waals surface area contributed by atoms with Crippen LogP contribution >= 0.6 is 0 Å². The fraction of sp³-hybridized carbons (Fsp3) is 0.333. The van der Waals surface area contributed by atoms with E-state index in [2.05, 4.69) is 36.5 Å². The SMILES string of the molecule is Cc1cc(NC(=O)Cc2ccc(C(C)C)cc2)no1. The maximum Gasteiger partial charge on any atom is 0.230 e. The van der Waals surface area contributed by atoms with Crippen LogP contribution < -0.4 is 5.32 Å². The Labute approximate surface area is 112 Å². The molecule has 0 aliphatic carbocycles. The van der Waals surface area contributed by atoms with Crippen LogP contribution in [0.15, 0.2) is 34.9 Å². The van der Waals surface area contributed by atoms with Gasteiger partial charge in [0, 0.05) is 6.07 Å². The fourth-order valence-corrected chi connectivity index (χ4v) is 1.82. The standard InChI is InChI=1S/C15H18N2O2/c1-10(2)13-6-4-12(5-7-13)9-15(18)16-14-8-11(3)19-17-14/h4-8,10H,9H2,1-3H3,(H,16,17,18). The first-order valence-corrected chi connectivity index (χ1v) is 6.36. The monoisotopic (exact) mass is 258 g/mol. The number of carbonyl (C=O) groups is 1. The van der Waals surface area contributed by atoms with Crippen molar-refractivity contribution in [1.29, 1.82) is 0 Å². The van der Waals surface area contributed by atoms with Crippen LogP contribution in [0.5, 0.6) is 0 Å². The third kappa shape index (κ3) is 3.68. The molecule has 1 N–H and O–H groups in total. The molecule has 19 heavy (non-hydrogen) atoms. The van der Waals surface area contributed by atoms with Crippen LogP contribution in [-0.2, 0) is 11.2 Å². The molecule has 0 unspecified atom stereocenters. The molecule has 1 amide bonds. The van der Waals surface area contributed by atoms with Gasteiger partial charge in [-0.05, 0) is 24.0 Å². The van der Waals surface area contributed by atoms with Crippen molar-refractivity contribution < 1.29 is 9.32 Å². The van der Waals surface area contributed by atoms with E-state index in [9.17, 15) is 4.79 Å². The lowest BCUT2D eigenvalue weighted by atomic mass is 10.0. The Hall–Kier alpha value is -2.10. The van der Waals surface area contributed by atoms with E-state index in [1.807, 2.05) is 12.1 Å². The maximum atomic E-state index is 11.8. The quantitative estimate of drug-likeness (QED) is 0.915. The second-order valence-corrected chi connectivity index (χ2v) is 4.94. The summed E-state index contributed by atoms with van der Waals surface area (Å²) in [6.45, 7) is 6.08. The first-order chi connectivity index (χ1) is 9.04. The van der Waals surface area contributed by atoms with E-state index in [1.54, 1.807) is 13.0 Å². The van der Waals surface area contributed by atoms with Crippen molar-refractivity contribution in [3.8, 4) is 0 Å². The Kier molecular flexibility index (Phi) is 4.00. The molecule has 0 bridgehead atoms. The van der Waals surface area contributed by atoms with E-state index in [4.69, 9.17) is 4.52 Å². The van der Waals surface area contributed by atoms with Crippen molar-refractivity contribution in [2.24, 2.45) is 0 Å². The molecule has 0 radical (unpaired) electrons. The van der Waals surface area contributed by atoms with E-state index in [-0.39, 0.29) is 5.91 Å². The van der Waals surface area contributed by atoms with Crippen LogP contribution in [0.4, 0.5) is 5.82 Å². The number of hydrogen-bond donors (Lipinski definition) is 1. The normalized spacial score (nSPS) is 10.7. The largest absolute Gasteiger partial charge is 0.360 e. The summed E-state index contributed by atoms with van der Waals surface area (Å²) in [6.07, 6.45) is 0.338. The number of carbonyl (C=O) groups excluding carboxylic acids is 1. The Morgan fingerprint density at radius 3 is 2.53 bits per heavy atom. The number of rotatable bonds is 4. The van der Waals surface area contributed by atoms with Gasteiger partial charge in [0.15, 0.2) is 5.82 Å². The van der Waals surface area contributed by atoms with Crippen molar-refractivity contribution >= 4 is 11.7 Å². The Morgan fingerprint density at radius 2 is 2.00 bits per heavy atom. The summed E-state index contributed by atoms with van der Waals surface area (Å²) in [6, 6.07) is 9.80. The summed E-state index contributed by atoms with van der Waals surface area (Å²) in [5, 5.41) is 6.43. The minimum absolute atomic E-state index is 0.0920. The molecule has 0 spiro atoms. The van der Waals surface area contributed by atoms with E-state index in [1.165, 1.54) is 5.56 Å². The summed E-state index contributed by atoms with van der Waals surface area (Å²) in [5.41, 5.74) is 2.26. The number of anilines is 1. The number of nitrogens with zero attached hydrogens (tertiary/aromatic N) is 1. The van der Waals surface area contributed by atoms with Crippen LogP contribution in [0, 0.1) is 6.92 Å². The zero-order chi connectivity index (χ0) is 13.8. The van der Waals surface area contributed by atoms with Crippen LogP contribution in [0.1, 0.15) is 36.7 Å². The molecule has 4 heteroatoms. The van der Waals surface area contributed by atoms with Crippen molar-refractivity contribution in [3.05, 3.63) is 47.2 Å². The molecule has 0 aliphatic heterocycles. The topological polar surface area (TPSA) is 55.1 Å². The van der Waals surface area contributed by atoms with E-state index in [0.29, 0.717) is 23.9 Å². The van der Waals surface area contributed by atoms with Crippen LogP contribution in [0.25, 0.3) is 0 Å². The first kappa shape index (κ1) is 13.3. The minimum atomic E-state index is -0.0920. The average Bonchev–Trinajstić information content (AvgIpc) is 2.75. The highest BCUT2D eigenvalue weighted by atomic mass is 16.5. The second kappa shape index (κ2) is 5.69. The zero-order valence-corrected chi connectivity index (χ0v) is 11.4. The summed E-state index contributed by atoms with van der Waals surface area (Å²) >= 11 is 0. The number of benzene rings is 1. The Morgan fingerprint density at radius 1 is 1.32 bits per heavy atom. The van der Waals surface area contributed by atoms with Crippen LogP contribution in [0.3, 0.4) is 0 Å². The summed E-state index contributed by atoms with van der Waals surface area (Å²) in [7, 11) is 0. The highest BCUT2D eigenvalue weighted by Gasteiger charge is 2.07. The molecule has 2 aromatic rings. The molecule has 0 aliphatic rings. The number of nitrogens with one attached hydrogen (secondary N) is 1. The van der Waals surface area contributed by atoms with Gasteiger partial charge < -0.3 is 9.84 Å². The molecular weight excluding hydrogens is 240 g/mol. The summed E-state index contributed by atoms with van der Waals surface area (Å²) in [4.78, 5) is 11.8. The third-order valence-corrected chi connectivity index (χ3v) is 2.91. The highest BCUT2D eigenvalue weighted by molar-refractivity contribution is 5.91. The maximum absolute atomic E-state index is 11.8. The number of amides is 1. The summed E-state index contributed by atoms with van der Waals surface area (Å²) < 4.78 is 4.89. The Bertz CT molecular complexity index is 556. The van der Waals surface area contributed by atoms with Crippen molar-refractivity contribution in [1.82, 2.24) is 5.16 Å². The summed E-state index contributed by atoms with van der Waals surface area (Å²) in [5.74, 6) is 1.55. The van der Waals surface area contributed by atoms with Gasteiger partial charge in [-0.25, -0.2) is 0 Å². The third-order valence-electron chi connectivity index (χ3n) is 2.91. The van der Waals surface area contributed by atoms with Gasteiger partial charge in [-0.15, -0.1) is 0 Å². The first-order valence-electron chi connectivity index (χ1n) is 6.36. The molecule has 1 aromatic heterocycles. The lowest BCUT2D eigenvalue weighted by Gasteiger charge is -2.06. The van der Waals surface area contributed by atoms with Gasteiger partial charge in [0.1, 0.15) is 5.76 Å². The van der Waals surface area contributed by atoms with Gasteiger partial charge >= 0.3 is 0 Å². The molecule has 1 aromatic carbocycles. The molecule has 1 heterocycles. The molecule has 0 fully saturated rings. The average molecular weight is 258 g/mol. The number of aryl methyl sites for hydroxylation is 1. The molecule has 0 saturated carbocycles. The minimum Gasteiger partial charge on any atom is -0.360 e. The predicted molar refractivity (Wildman–Crippen MR) is 74.1 cm³/mol. The Balaban J connectivity index is 1.95. The van der Waals surface area contributed by atoms with Crippen molar-refractivity contribution in [3.63, 3.8) is 0 Å². The van der Waals surface area contributed by atoms with Gasteiger partial charge in [-0.1, -0.05) is 43.3 Å². The lowest BCUT2D eigenvalue weighted by Crippen LogP contribution is -2.14. The molecule has 4 nitrogen and oxygen atoms in total. The van der Waals surface area contributed by atoms with E-state index < -0.39 is 0 Å². The van der Waals surface area contributed by atoms with Gasteiger partial charge in [0.25, 0.3) is 0 Å². The zero-order valence-electron chi connectivity index (χ0n) is 11.4. The number of aromatic nitrogens is 1. The molecule has 0 atom stereocenters. The van der Waals surface area contributed by atoms with E-state index in [0.717, 1.165) is 5.56 Å². The fourth-order valence-electron chi connectivity index (χ4n) is 1.82. The van der Waals surface area contributed by atoms with Gasteiger partial charge in [-0.3, -0.25) is 4.79 Å². The molecule has 0 saturated heterocycles. The van der Waals surface area contributed by atoms with Gasteiger partial charge in [0.05, 0.1) is 6.42 Å². The van der Waals surface area contributed by atoms with Gasteiger partial charge in [-0.2, -0.15) is 0 Å². The van der Waals surface area contributed by atoms with Crippen molar-refractivity contribution in [2.75, 3.05) is 5.32 Å². The van der Waals surface area contributed by atoms with Gasteiger partial charge in [0.2, 0.25) is 5.91 Å². The molecule has 100 valence electrons. The highest BCUT2D eigenvalue weighted by Crippen LogP contribution is 2.15. The smallest absolute Gasteiger partial charge is 0.230 e. The van der Waals surface area contributed by atoms with Crippen LogP contribution in [0.2, 0.25) is 0 Å². The molecule has 2 rings (SSSR count). The second-order valence-electron chi connectivity index (χ2n) is 4.94. The lowest BCUT2D eigenvalue weighted by molar-refractivity contribution is -0.115. The number of hydrogen-bond acceptors (Lipinski definition) is 3. The van der Waals surface area contributed by atoms with E-state index >= 15 is 0 Å². The van der Waals surface area contributed by atoms with Crippen LogP contribution in [-0.4, -0.2) is 11.1 Å². The predicted octanol–water partition coefficient (Wildman–Crippen LogP) is 3.29. The van der Waals surface area contributed by atoms with Crippen molar-refractivity contribution in [2.45, 2.75) is 33.1 Å². The molecular formula is C15H18N2O2.